The molecular formula is C14H20N2O3. The molecule has 0 spiro atoms. The zero-order chi connectivity index (χ0) is 14.1. The van der Waals surface area contributed by atoms with Crippen molar-refractivity contribution < 1.29 is 14.3 Å². The van der Waals surface area contributed by atoms with Crippen LogP contribution in [0, 0.1) is 0 Å². The van der Waals surface area contributed by atoms with Crippen LogP contribution in [0.3, 0.4) is 0 Å². The van der Waals surface area contributed by atoms with E-state index in [9.17, 15) is 9.59 Å². The number of rotatable bonds is 7. The van der Waals surface area contributed by atoms with Gasteiger partial charge in [-0.1, -0.05) is 19.1 Å². The van der Waals surface area contributed by atoms with E-state index >= 15 is 0 Å². The average molecular weight is 264 g/mol. The van der Waals surface area contributed by atoms with Crippen molar-refractivity contribution >= 4 is 11.9 Å². The second-order valence-electron chi connectivity index (χ2n) is 4.07. The van der Waals surface area contributed by atoms with Crippen LogP contribution in [0.1, 0.15) is 29.3 Å². The Hall–Kier alpha value is -1.88. The molecule has 1 aromatic rings. The van der Waals surface area contributed by atoms with Crippen molar-refractivity contribution in [1.82, 2.24) is 10.6 Å². The zero-order valence-electron chi connectivity index (χ0n) is 11.4. The van der Waals surface area contributed by atoms with Gasteiger partial charge in [-0.25, -0.2) is 4.79 Å². The highest BCUT2D eigenvalue weighted by atomic mass is 16.5. The summed E-state index contributed by atoms with van der Waals surface area (Å²) in [6, 6.07) is 6.98. The summed E-state index contributed by atoms with van der Waals surface area (Å²) in [5, 5.41) is 5.92. The molecule has 104 valence electrons. The molecule has 5 heteroatoms. The predicted molar refractivity (Wildman–Crippen MR) is 72.8 cm³/mol. The molecule has 5 nitrogen and oxygen atoms in total. The number of carbonyl (C=O) groups excluding carboxylic acids is 2. The van der Waals surface area contributed by atoms with E-state index in [1.54, 1.807) is 24.3 Å². The van der Waals surface area contributed by atoms with Crippen molar-refractivity contribution in [3.8, 4) is 0 Å². The second-order valence-corrected chi connectivity index (χ2v) is 4.07. The van der Waals surface area contributed by atoms with Crippen molar-refractivity contribution in [1.29, 1.82) is 0 Å². The summed E-state index contributed by atoms with van der Waals surface area (Å²) in [5.41, 5.74) is 1.45. The molecule has 0 bridgehead atoms. The summed E-state index contributed by atoms with van der Waals surface area (Å²) in [4.78, 5) is 22.7. The number of hydrogen-bond donors (Lipinski definition) is 2. The number of amides is 1. The molecule has 0 radical (unpaired) electrons. The van der Waals surface area contributed by atoms with Crippen LogP contribution in [0.4, 0.5) is 0 Å². The van der Waals surface area contributed by atoms with Crippen molar-refractivity contribution in [2.75, 3.05) is 20.2 Å². The van der Waals surface area contributed by atoms with Gasteiger partial charge in [0.2, 0.25) is 5.91 Å². The molecule has 0 aromatic heterocycles. The molecule has 0 unspecified atom stereocenters. The molecule has 0 aliphatic carbocycles. The summed E-state index contributed by atoms with van der Waals surface area (Å²) >= 11 is 0. The lowest BCUT2D eigenvalue weighted by molar-refractivity contribution is -0.121. The van der Waals surface area contributed by atoms with Gasteiger partial charge in [0.05, 0.1) is 12.7 Å². The van der Waals surface area contributed by atoms with E-state index in [-0.39, 0.29) is 11.9 Å². The molecule has 19 heavy (non-hydrogen) atoms. The molecule has 0 saturated heterocycles. The smallest absolute Gasteiger partial charge is 0.337 e. The van der Waals surface area contributed by atoms with Crippen LogP contribution in [-0.2, 0) is 16.1 Å². The highest BCUT2D eigenvalue weighted by Gasteiger charge is 2.05. The minimum absolute atomic E-state index is 0.0120. The Balaban J connectivity index is 2.37. The lowest BCUT2D eigenvalue weighted by Gasteiger charge is -2.06. The molecule has 1 amide bonds. The maximum atomic E-state index is 11.5. The van der Waals surface area contributed by atoms with Crippen LogP contribution in [0.25, 0.3) is 0 Å². The largest absolute Gasteiger partial charge is 0.465 e. The summed E-state index contributed by atoms with van der Waals surface area (Å²) in [6.45, 7) is 4.01. The van der Waals surface area contributed by atoms with Crippen LogP contribution in [0.15, 0.2) is 24.3 Å². The van der Waals surface area contributed by atoms with Gasteiger partial charge in [0.15, 0.2) is 0 Å². The molecule has 0 aliphatic rings. The zero-order valence-corrected chi connectivity index (χ0v) is 11.4. The normalized spacial score (nSPS) is 10.0. The topological polar surface area (TPSA) is 67.4 Å². The van der Waals surface area contributed by atoms with E-state index in [0.29, 0.717) is 25.1 Å². The molecular weight excluding hydrogens is 244 g/mol. The van der Waals surface area contributed by atoms with E-state index in [1.807, 2.05) is 6.92 Å². The van der Waals surface area contributed by atoms with Gasteiger partial charge in [0.1, 0.15) is 0 Å². The fourth-order valence-corrected chi connectivity index (χ4v) is 1.54. The van der Waals surface area contributed by atoms with E-state index in [1.165, 1.54) is 7.11 Å². The molecule has 0 fully saturated rings. The summed E-state index contributed by atoms with van der Waals surface area (Å²) in [6.07, 6.45) is 0.466. The molecule has 1 rings (SSSR count). The molecule has 0 atom stereocenters. The number of methoxy groups -OCH3 is 1. The first-order valence-corrected chi connectivity index (χ1v) is 6.32. The van der Waals surface area contributed by atoms with Crippen molar-refractivity contribution in [3.05, 3.63) is 35.4 Å². The first kappa shape index (κ1) is 15.2. The van der Waals surface area contributed by atoms with Gasteiger partial charge in [-0.15, -0.1) is 0 Å². The Morgan fingerprint density at radius 2 is 1.89 bits per heavy atom. The van der Waals surface area contributed by atoms with Gasteiger partial charge >= 0.3 is 5.97 Å². The van der Waals surface area contributed by atoms with E-state index < -0.39 is 0 Å². The molecule has 1 aromatic carbocycles. The first-order valence-electron chi connectivity index (χ1n) is 6.32. The van der Waals surface area contributed by atoms with Crippen molar-refractivity contribution in [2.45, 2.75) is 19.9 Å². The number of carbonyl (C=O) groups is 2. The van der Waals surface area contributed by atoms with Crippen LogP contribution in [0.2, 0.25) is 0 Å². The Morgan fingerprint density at radius 1 is 1.21 bits per heavy atom. The van der Waals surface area contributed by atoms with Gasteiger partial charge in [0, 0.05) is 19.5 Å². The maximum Gasteiger partial charge on any atom is 0.337 e. The van der Waals surface area contributed by atoms with Crippen LogP contribution in [0.5, 0.6) is 0 Å². The average Bonchev–Trinajstić information content (AvgIpc) is 2.45. The molecule has 0 saturated carbocycles. The third kappa shape index (κ3) is 5.52. The Bertz CT molecular complexity index is 415. The number of nitrogens with one attached hydrogen (secondary N) is 2. The SMILES string of the molecule is CCNCCC(=O)NCc1ccc(C(=O)OC)cc1. The third-order valence-electron chi connectivity index (χ3n) is 2.64. The molecule has 0 heterocycles. The van der Waals surface area contributed by atoms with Gasteiger partial charge in [-0.05, 0) is 24.2 Å². The Labute approximate surface area is 113 Å². The second kappa shape index (κ2) is 8.26. The quantitative estimate of drug-likeness (QED) is 0.571. The van der Waals surface area contributed by atoms with Crippen LogP contribution < -0.4 is 10.6 Å². The Kier molecular flexibility index (Phi) is 6.60. The highest BCUT2D eigenvalue weighted by Crippen LogP contribution is 2.05. The molecule has 0 aliphatic heterocycles. The maximum absolute atomic E-state index is 11.5. The minimum atomic E-state index is -0.360. The number of ether oxygens (including phenoxy) is 1. The van der Waals surface area contributed by atoms with Gasteiger partial charge in [-0.3, -0.25) is 4.79 Å². The van der Waals surface area contributed by atoms with E-state index in [2.05, 4.69) is 15.4 Å². The number of esters is 1. The van der Waals surface area contributed by atoms with E-state index in [0.717, 1.165) is 12.1 Å². The lowest BCUT2D eigenvalue weighted by atomic mass is 10.1. The van der Waals surface area contributed by atoms with Gasteiger partial charge < -0.3 is 15.4 Å². The third-order valence-corrected chi connectivity index (χ3v) is 2.64. The summed E-state index contributed by atoms with van der Waals surface area (Å²) in [5.74, 6) is -0.348. The summed E-state index contributed by atoms with van der Waals surface area (Å²) in [7, 11) is 1.35. The Morgan fingerprint density at radius 3 is 2.47 bits per heavy atom. The minimum Gasteiger partial charge on any atom is -0.465 e. The fourth-order valence-electron chi connectivity index (χ4n) is 1.54. The standard InChI is InChI=1S/C14H20N2O3/c1-3-15-9-8-13(17)16-10-11-4-6-12(7-5-11)14(18)19-2/h4-7,15H,3,8-10H2,1-2H3,(H,16,17). The van der Waals surface area contributed by atoms with Crippen LogP contribution >= 0.6 is 0 Å². The number of hydrogen-bond acceptors (Lipinski definition) is 4. The predicted octanol–water partition coefficient (Wildman–Crippen LogP) is 1.09. The highest BCUT2D eigenvalue weighted by molar-refractivity contribution is 5.89. The van der Waals surface area contributed by atoms with Crippen LogP contribution in [-0.4, -0.2) is 32.1 Å². The fraction of sp³-hybridized carbons (Fsp3) is 0.429. The van der Waals surface area contributed by atoms with Gasteiger partial charge in [0.25, 0.3) is 0 Å². The van der Waals surface area contributed by atoms with Gasteiger partial charge in [-0.2, -0.15) is 0 Å². The lowest BCUT2D eigenvalue weighted by Crippen LogP contribution is -2.27. The number of benzene rings is 1. The van der Waals surface area contributed by atoms with Crippen molar-refractivity contribution in [2.24, 2.45) is 0 Å². The van der Waals surface area contributed by atoms with E-state index in [4.69, 9.17) is 0 Å². The first-order chi connectivity index (χ1) is 9.17. The summed E-state index contributed by atoms with van der Waals surface area (Å²) < 4.78 is 4.61. The molecule has 2 N–H and O–H groups in total. The van der Waals surface area contributed by atoms with Crippen molar-refractivity contribution in [3.63, 3.8) is 0 Å². The monoisotopic (exact) mass is 264 g/mol.